The summed E-state index contributed by atoms with van der Waals surface area (Å²) in [5.74, 6) is 11.4. The van der Waals surface area contributed by atoms with Gasteiger partial charge in [-0.15, -0.1) is 23.7 Å². The van der Waals surface area contributed by atoms with Gasteiger partial charge in [0.25, 0.3) is 5.91 Å². The van der Waals surface area contributed by atoms with E-state index in [0.29, 0.717) is 73.2 Å². The molecule has 0 N–H and O–H groups in total. The van der Waals surface area contributed by atoms with E-state index < -0.39 is 31.9 Å². The fraction of sp³-hybridized carbons (Fsp3) is 0.634. The van der Waals surface area contributed by atoms with Crippen LogP contribution in [0.1, 0.15) is 120 Å². The highest BCUT2D eigenvalue weighted by Gasteiger charge is 2.46. The Labute approximate surface area is 308 Å². The minimum absolute atomic E-state index is 0.101. The first-order valence-corrected chi connectivity index (χ1v) is 20.4. The van der Waals surface area contributed by atoms with E-state index in [1.165, 1.54) is 19.4 Å². The van der Waals surface area contributed by atoms with Gasteiger partial charge in [-0.05, 0) is 88.2 Å². The van der Waals surface area contributed by atoms with Gasteiger partial charge in [-0.1, -0.05) is 41.5 Å². The van der Waals surface area contributed by atoms with Gasteiger partial charge in [-0.2, -0.15) is 0 Å². The maximum atomic E-state index is 14.3. The van der Waals surface area contributed by atoms with Crippen molar-refractivity contribution < 1.29 is 32.7 Å². The molecule has 9 nitrogen and oxygen atoms in total. The van der Waals surface area contributed by atoms with E-state index in [2.05, 4.69) is 65.2 Å². The lowest BCUT2D eigenvalue weighted by molar-refractivity contribution is -0.140. The van der Waals surface area contributed by atoms with Gasteiger partial charge in [-0.25, -0.2) is 9.59 Å². The Hall–Kier alpha value is -3.73. The summed E-state index contributed by atoms with van der Waals surface area (Å²) in [5.41, 5.74) is 1.81. The molecule has 1 aromatic heterocycles. The SMILES string of the molecule is CC#CCCCCN(CC1=CN(C(=O)OC(C)(C)C)[C@@H](CO[Si](C(C)C)(C(C)C)C(C)C)C1)C(=O)/C(=C\c1coc(CCC#CC)c1)C(=O)OC. The van der Waals surface area contributed by atoms with E-state index in [1.54, 1.807) is 35.9 Å². The summed E-state index contributed by atoms with van der Waals surface area (Å²) < 4.78 is 23.6. The summed E-state index contributed by atoms with van der Waals surface area (Å²) in [6, 6.07) is 1.51. The first-order chi connectivity index (χ1) is 24.0. The maximum Gasteiger partial charge on any atom is 0.414 e. The number of hydrogen-bond acceptors (Lipinski definition) is 7. The highest BCUT2D eigenvalue weighted by atomic mass is 28.4. The van der Waals surface area contributed by atoms with Crippen LogP contribution in [-0.2, 0) is 29.9 Å². The summed E-state index contributed by atoms with van der Waals surface area (Å²) in [6.07, 6.45) is 8.34. The number of ether oxygens (including phenoxy) is 2. The lowest BCUT2D eigenvalue weighted by Gasteiger charge is -2.43. The third-order valence-electron chi connectivity index (χ3n) is 9.18. The summed E-state index contributed by atoms with van der Waals surface area (Å²) >= 11 is 0. The Balaban J connectivity index is 2.49. The molecule has 2 rings (SSSR count). The zero-order valence-corrected chi connectivity index (χ0v) is 34.2. The molecule has 2 amide bonds. The van der Waals surface area contributed by atoms with Crippen LogP contribution < -0.4 is 0 Å². The number of aryl methyl sites for hydroxylation is 1. The van der Waals surface area contributed by atoms with E-state index in [-0.39, 0.29) is 18.2 Å². The van der Waals surface area contributed by atoms with E-state index >= 15 is 0 Å². The summed E-state index contributed by atoms with van der Waals surface area (Å²) in [4.78, 5) is 44.3. The molecule has 0 aliphatic carbocycles. The zero-order valence-electron chi connectivity index (χ0n) is 33.2. The molecule has 2 heterocycles. The van der Waals surface area contributed by atoms with Crippen LogP contribution in [0.25, 0.3) is 6.08 Å². The highest BCUT2D eigenvalue weighted by Crippen LogP contribution is 2.43. The predicted octanol–water partition coefficient (Wildman–Crippen LogP) is 8.90. The summed E-state index contributed by atoms with van der Waals surface area (Å²) in [6.45, 7) is 23.5. The second-order valence-electron chi connectivity index (χ2n) is 15.1. The highest BCUT2D eigenvalue weighted by molar-refractivity contribution is 6.77. The number of esters is 1. The van der Waals surface area contributed by atoms with Crippen molar-refractivity contribution in [1.82, 2.24) is 9.80 Å². The van der Waals surface area contributed by atoms with E-state index in [9.17, 15) is 14.4 Å². The van der Waals surface area contributed by atoms with Crippen LogP contribution >= 0.6 is 0 Å². The van der Waals surface area contributed by atoms with Crippen LogP contribution in [0.15, 0.2) is 34.1 Å². The van der Waals surface area contributed by atoms with Crippen LogP contribution in [-0.4, -0.2) is 74.5 Å². The number of nitrogens with zero attached hydrogens (tertiary/aromatic N) is 2. The third kappa shape index (κ3) is 12.8. The summed E-state index contributed by atoms with van der Waals surface area (Å²) in [7, 11) is -0.972. The number of hydrogen-bond donors (Lipinski definition) is 0. The van der Waals surface area contributed by atoms with Gasteiger partial charge in [0, 0.05) is 44.1 Å². The average molecular weight is 723 g/mol. The molecule has 0 bridgehead atoms. The molecule has 0 spiro atoms. The number of amides is 2. The monoisotopic (exact) mass is 722 g/mol. The Morgan fingerprint density at radius 3 is 2.22 bits per heavy atom. The quantitative estimate of drug-likeness (QED) is 0.0301. The van der Waals surface area contributed by atoms with Crippen LogP contribution in [0.2, 0.25) is 16.6 Å². The fourth-order valence-corrected chi connectivity index (χ4v) is 12.4. The van der Waals surface area contributed by atoms with Gasteiger partial charge in [0.2, 0.25) is 0 Å². The molecule has 1 atom stereocenters. The van der Waals surface area contributed by atoms with Crippen molar-refractivity contribution >= 4 is 32.4 Å². The second-order valence-corrected chi connectivity index (χ2v) is 20.6. The molecule has 1 aliphatic rings. The van der Waals surface area contributed by atoms with Crippen LogP contribution in [0, 0.1) is 23.7 Å². The average Bonchev–Trinajstić information content (AvgIpc) is 3.68. The standard InChI is InChI=1S/C41H62N2O7Si/c1-13-15-17-18-20-22-42(38(44)37(39(45)47-12)25-33-24-36(48-28-33)21-19-16-14-2)26-34-23-35(43(27-34)40(46)50-41(9,10)11)29-49-51(30(3)4,31(5)6)32(7)8/h24-25,27-28,30-32,35H,17-23,26,29H2,1-12H3/b37-25+/t35-/m1/s1. The molecule has 0 saturated carbocycles. The normalized spacial score (nSPS) is 15.0. The van der Waals surface area contributed by atoms with Crippen molar-refractivity contribution in [1.29, 1.82) is 0 Å². The Morgan fingerprint density at radius 1 is 1.02 bits per heavy atom. The zero-order chi connectivity index (χ0) is 38.4. The first kappa shape index (κ1) is 43.4. The number of unbranched alkanes of at least 4 members (excludes halogenated alkanes) is 2. The summed E-state index contributed by atoms with van der Waals surface area (Å²) in [5, 5.41) is 0. The lowest BCUT2D eigenvalue weighted by atomic mass is 10.1. The van der Waals surface area contributed by atoms with E-state index in [1.807, 2.05) is 20.8 Å². The third-order valence-corrected chi connectivity index (χ3v) is 15.3. The van der Waals surface area contributed by atoms with Gasteiger partial charge in [0.1, 0.15) is 16.9 Å². The topological polar surface area (TPSA) is 98.5 Å². The maximum absolute atomic E-state index is 14.3. The minimum atomic E-state index is -2.23. The molecule has 1 aliphatic heterocycles. The van der Waals surface area contributed by atoms with Gasteiger partial charge in [0.05, 0.1) is 26.0 Å². The molecule has 0 aromatic carbocycles. The van der Waals surface area contributed by atoms with Crippen LogP contribution in [0.4, 0.5) is 4.79 Å². The minimum Gasteiger partial charge on any atom is -0.469 e. The van der Waals surface area contributed by atoms with Crippen molar-refractivity contribution in [2.24, 2.45) is 0 Å². The molecule has 1 aromatic rings. The first-order valence-electron chi connectivity index (χ1n) is 18.3. The molecule has 0 fully saturated rings. The molecular weight excluding hydrogens is 661 g/mol. The number of rotatable bonds is 17. The van der Waals surface area contributed by atoms with Crippen LogP contribution in [0.5, 0.6) is 0 Å². The Bertz CT molecular complexity index is 1490. The van der Waals surface area contributed by atoms with Crippen molar-refractivity contribution in [3.8, 4) is 23.7 Å². The Morgan fingerprint density at radius 2 is 1.65 bits per heavy atom. The number of carbonyl (C=O) groups is 3. The smallest absolute Gasteiger partial charge is 0.414 e. The van der Waals surface area contributed by atoms with Gasteiger partial charge in [0.15, 0.2) is 8.32 Å². The molecule has 10 heteroatoms. The molecule has 0 radical (unpaired) electrons. The molecule has 0 saturated heterocycles. The van der Waals surface area contributed by atoms with Crippen LogP contribution in [0.3, 0.4) is 0 Å². The fourth-order valence-electron chi connectivity index (χ4n) is 6.97. The number of carbonyl (C=O) groups excluding carboxylic acids is 3. The van der Waals surface area contributed by atoms with Gasteiger partial charge in [-0.3, -0.25) is 9.69 Å². The van der Waals surface area contributed by atoms with Gasteiger partial charge >= 0.3 is 12.1 Å². The van der Waals surface area contributed by atoms with Crippen molar-refractivity contribution in [2.75, 3.05) is 26.8 Å². The largest absolute Gasteiger partial charge is 0.469 e. The molecule has 282 valence electrons. The number of furan rings is 1. The predicted molar refractivity (Wildman–Crippen MR) is 206 cm³/mol. The molecule has 0 unspecified atom stereocenters. The molecular formula is C41H62N2O7Si. The lowest BCUT2D eigenvalue weighted by Crippen LogP contribution is -2.50. The second kappa shape index (κ2) is 20.3. The van der Waals surface area contributed by atoms with E-state index in [0.717, 1.165) is 12.0 Å². The van der Waals surface area contributed by atoms with Crippen molar-refractivity contribution in [3.05, 3.63) is 41.0 Å². The van der Waals surface area contributed by atoms with Crippen molar-refractivity contribution in [2.45, 2.75) is 143 Å². The van der Waals surface area contributed by atoms with Crippen molar-refractivity contribution in [3.63, 3.8) is 0 Å². The van der Waals surface area contributed by atoms with Gasteiger partial charge < -0.3 is 23.2 Å². The van der Waals surface area contributed by atoms with E-state index in [4.69, 9.17) is 18.3 Å². The Kier molecular flexibility index (Phi) is 17.3. The molecule has 51 heavy (non-hydrogen) atoms. The number of methoxy groups -OCH3 is 1.